The quantitative estimate of drug-likeness (QED) is 0.236. The van der Waals surface area contributed by atoms with E-state index in [4.69, 9.17) is 4.74 Å². The second-order valence-corrected chi connectivity index (χ2v) is 9.05. The molecule has 4 rings (SSSR count). The van der Waals surface area contributed by atoms with E-state index >= 15 is 0 Å². The SMILES string of the molecule is Cn1c(=O)c2c(ncn2CCC[NH+](C)CCOC(=O)C(c2ccccc2)c2ccccc2)n(C)c1=O.[Cl-]. The summed E-state index contributed by atoms with van der Waals surface area (Å²) in [5.41, 5.74) is 1.90. The van der Waals surface area contributed by atoms with Crippen molar-refractivity contribution in [3.63, 3.8) is 0 Å². The normalized spacial score (nSPS) is 11.9. The van der Waals surface area contributed by atoms with Crippen LogP contribution in [0.4, 0.5) is 0 Å². The lowest BCUT2D eigenvalue weighted by Crippen LogP contribution is -3.09. The molecule has 37 heavy (non-hydrogen) atoms. The Balaban J connectivity index is 0.00000380. The number of ether oxygens (including phenoxy) is 1. The minimum atomic E-state index is -0.458. The second kappa shape index (κ2) is 12.5. The van der Waals surface area contributed by atoms with Crippen LogP contribution in [0, 0.1) is 0 Å². The fourth-order valence-electron chi connectivity index (χ4n) is 4.41. The Morgan fingerprint density at radius 2 is 1.54 bits per heavy atom. The van der Waals surface area contributed by atoms with Crippen LogP contribution in [0.2, 0.25) is 0 Å². The van der Waals surface area contributed by atoms with Crippen molar-refractivity contribution in [1.29, 1.82) is 0 Å². The van der Waals surface area contributed by atoms with Crippen LogP contribution in [0.5, 0.6) is 0 Å². The molecule has 0 spiro atoms. The molecule has 4 aromatic rings. The number of hydrogen-bond acceptors (Lipinski definition) is 5. The van der Waals surface area contributed by atoms with Crippen LogP contribution in [-0.2, 0) is 30.2 Å². The predicted molar refractivity (Wildman–Crippen MR) is 137 cm³/mol. The van der Waals surface area contributed by atoms with Gasteiger partial charge < -0.3 is 26.6 Å². The van der Waals surface area contributed by atoms with Gasteiger partial charge in [-0.05, 0) is 11.1 Å². The zero-order chi connectivity index (χ0) is 25.7. The zero-order valence-electron chi connectivity index (χ0n) is 21.3. The Morgan fingerprint density at radius 3 is 2.14 bits per heavy atom. The van der Waals surface area contributed by atoms with Crippen molar-refractivity contribution in [2.45, 2.75) is 18.9 Å². The molecule has 0 saturated heterocycles. The first-order valence-corrected chi connectivity index (χ1v) is 12.1. The lowest BCUT2D eigenvalue weighted by Gasteiger charge is -2.18. The first kappa shape index (κ1) is 27.9. The van der Waals surface area contributed by atoms with E-state index in [1.165, 1.54) is 16.5 Å². The Bertz CT molecular complexity index is 1410. The molecular weight excluding hydrogens is 494 g/mol. The van der Waals surface area contributed by atoms with Crippen molar-refractivity contribution in [1.82, 2.24) is 18.7 Å². The van der Waals surface area contributed by atoms with Crippen LogP contribution in [0.25, 0.3) is 11.2 Å². The Morgan fingerprint density at radius 1 is 0.946 bits per heavy atom. The number of quaternary nitrogens is 1. The van der Waals surface area contributed by atoms with E-state index in [0.29, 0.717) is 30.9 Å². The third-order valence-electron chi connectivity index (χ3n) is 6.49. The Labute approximate surface area is 221 Å². The van der Waals surface area contributed by atoms with Gasteiger partial charge in [-0.25, -0.2) is 9.78 Å². The summed E-state index contributed by atoms with van der Waals surface area (Å²) in [5, 5.41) is 0. The van der Waals surface area contributed by atoms with Gasteiger partial charge in [-0.1, -0.05) is 60.7 Å². The van der Waals surface area contributed by atoms with E-state index in [1.807, 2.05) is 60.7 Å². The smallest absolute Gasteiger partial charge is 0.332 e. The van der Waals surface area contributed by atoms with Crippen LogP contribution in [0.3, 0.4) is 0 Å². The van der Waals surface area contributed by atoms with Gasteiger partial charge in [0, 0.05) is 27.1 Å². The summed E-state index contributed by atoms with van der Waals surface area (Å²) in [7, 11) is 5.14. The Hall–Kier alpha value is -3.69. The molecule has 1 unspecified atom stereocenters. The van der Waals surface area contributed by atoms with Gasteiger partial charge in [0.15, 0.2) is 11.2 Å². The van der Waals surface area contributed by atoms with Crippen LogP contribution in [-0.4, -0.2) is 51.4 Å². The number of rotatable bonds is 10. The predicted octanol–water partition coefficient (Wildman–Crippen LogP) is -2.28. The molecule has 0 aliphatic carbocycles. The highest BCUT2D eigenvalue weighted by Crippen LogP contribution is 2.25. The van der Waals surface area contributed by atoms with E-state index in [-0.39, 0.29) is 23.9 Å². The molecule has 0 bridgehead atoms. The highest BCUT2D eigenvalue weighted by Gasteiger charge is 2.24. The number of carbonyl (C=O) groups excluding carboxylic acids is 1. The number of likely N-dealkylation sites (N-methyl/N-ethyl adjacent to an activating group) is 1. The first-order valence-electron chi connectivity index (χ1n) is 12.1. The monoisotopic (exact) mass is 525 g/mol. The lowest BCUT2D eigenvalue weighted by atomic mass is 9.91. The number of carbonyl (C=O) groups is 1. The summed E-state index contributed by atoms with van der Waals surface area (Å²) in [4.78, 5) is 43.2. The number of esters is 1. The minimum Gasteiger partial charge on any atom is -1.00 e. The van der Waals surface area contributed by atoms with Gasteiger partial charge in [-0.15, -0.1) is 0 Å². The summed E-state index contributed by atoms with van der Waals surface area (Å²) in [5.74, 6) is -0.715. The summed E-state index contributed by atoms with van der Waals surface area (Å²) in [6, 6.07) is 19.3. The molecule has 0 saturated carbocycles. The van der Waals surface area contributed by atoms with E-state index in [9.17, 15) is 14.4 Å². The summed E-state index contributed by atoms with van der Waals surface area (Å²) in [6.45, 7) is 2.41. The fourth-order valence-corrected chi connectivity index (χ4v) is 4.41. The molecule has 2 heterocycles. The van der Waals surface area contributed by atoms with Crippen molar-refractivity contribution in [2.75, 3.05) is 26.7 Å². The number of fused-ring (bicyclic) bond motifs is 1. The largest absolute Gasteiger partial charge is 1.00 e. The van der Waals surface area contributed by atoms with Crippen LogP contribution < -0.4 is 28.6 Å². The minimum absolute atomic E-state index is 0. The Kier molecular flexibility index (Phi) is 9.43. The maximum absolute atomic E-state index is 13.0. The number of nitrogens with zero attached hydrogens (tertiary/aromatic N) is 4. The molecule has 196 valence electrons. The average molecular weight is 526 g/mol. The first-order chi connectivity index (χ1) is 17.4. The van der Waals surface area contributed by atoms with Crippen molar-refractivity contribution < 1.29 is 26.8 Å². The molecule has 1 atom stereocenters. The van der Waals surface area contributed by atoms with Gasteiger partial charge in [0.25, 0.3) is 5.56 Å². The number of imidazole rings is 1. The maximum Gasteiger partial charge on any atom is 0.332 e. The molecule has 2 aromatic heterocycles. The summed E-state index contributed by atoms with van der Waals surface area (Å²) < 4.78 is 9.98. The highest BCUT2D eigenvalue weighted by molar-refractivity contribution is 5.82. The van der Waals surface area contributed by atoms with Crippen molar-refractivity contribution in [2.24, 2.45) is 14.1 Å². The third kappa shape index (κ3) is 6.18. The average Bonchev–Trinajstić information content (AvgIpc) is 3.32. The van der Waals surface area contributed by atoms with Crippen LogP contribution in [0.15, 0.2) is 76.6 Å². The van der Waals surface area contributed by atoms with Crippen molar-refractivity contribution in [3.05, 3.63) is 99.0 Å². The van der Waals surface area contributed by atoms with Gasteiger partial charge in [0.05, 0.1) is 19.9 Å². The van der Waals surface area contributed by atoms with Crippen LogP contribution in [0.1, 0.15) is 23.5 Å². The van der Waals surface area contributed by atoms with Crippen molar-refractivity contribution >= 4 is 17.1 Å². The molecule has 2 aromatic carbocycles. The molecule has 9 nitrogen and oxygen atoms in total. The van der Waals surface area contributed by atoms with Gasteiger partial charge >= 0.3 is 11.7 Å². The van der Waals surface area contributed by atoms with E-state index < -0.39 is 11.6 Å². The summed E-state index contributed by atoms with van der Waals surface area (Å²) >= 11 is 0. The molecule has 0 aliphatic heterocycles. The fraction of sp³-hybridized carbons (Fsp3) is 0.333. The van der Waals surface area contributed by atoms with E-state index in [2.05, 4.69) is 12.0 Å². The molecule has 0 amide bonds. The number of benzene rings is 2. The summed E-state index contributed by atoms with van der Waals surface area (Å²) in [6.07, 6.45) is 2.41. The third-order valence-corrected chi connectivity index (χ3v) is 6.49. The number of hydrogen-bond donors (Lipinski definition) is 1. The maximum atomic E-state index is 13.0. The van der Waals surface area contributed by atoms with E-state index in [0.717, 1.165) is 28.7 Å². The molecule has 10 heteroatoms. The van der Waals surface area contributed by atoms with Gasteiger partial charge in [-0.2, -0.15) is 0 Å². The van der Waals surface area contributed by atoms with Gasteiger partial charge in [-0.3, -0.25) is 18.7 Å². The number of nitrogens with one attached hydrogen (secondary N) is 1. The topological polar surface area (TPSA) is 92.6 Å². The van der Waals surface area contributed by atoms with E-state index in [1.54, 1.807) is 17.9 Å². The standard InChI is InChI=1S/C27H31N5O4.ClH/c1-29(15-10-16-32-19-28-24-23(32)25(33)31(3)27(35)30(24)2)17-18-36-26(34)22(20-11-6-4-7-12-20)21-13-8-5-9-14-21;/h4-9,11-14,19,22H,10,15-18H2,1-3H3;1H. The number of halogens is 1. The molecule has 0 radical (unpaired) electrons. The molecule has 0 aliphatic rings. The zero-order valence-corrected chi connectivity index (χ0v) is 22.0. The molecular formula is C27H32ClN5O4. The highest BCUT2D eigenvalue weighted by atomic mass is 35.5. The van der Waals surface area contributed by atoms with Crippen LogP contribution >= 0.6 is 0 Å². The molecule has 1 N–H and O–H groups in total. The lowest BCUT2D eigenvalue weighted by molar-refractivity contribution is -0.880. The molecule has 0 fully saturated rings. The van der Waals surface area contributed by atoms with Gasteiger partial charge in [0.2, 0.25) is 0 Å². The number of aryl methyl sites for hydroxylation is 2. The van der Waals surface area contributed by atoms with Crippen molar-refractivity contribution in [3.8, 4) is 0 Å². The number of aromatic nitrogens is 4. The van der Waals surface area contributed by atoms with Gasteiger partial charge in [0.1, 0.15) is 19.1 Å². The second-order valence-electron chi connectivity index (χ2n) is 9.05.